The van der Waals surface area contributed by atoms with Gasteiger partial charge < -0.3 is 10.1 Å². The Morgan fingerprint density at radius 2 is 1.94 bits per heavy atom. The van der Waals surface area contributed by atoms with Crippen LogP contribution in [0.1, 0.15) is 26.7 Å². The van der Waals surface area contributed by atoms with E-state index >= 15 is 0 Å². The largest absolute Gasteiger partial charge is 0.381 e. The molecule has 108 valence electrons. The molecule has 0 spiro atoms. The average Bonchev–Trinajstić information content (AvgIpc) is 2.29. The molecule has 1 aliphatic rings. The van der Waals surface area contributed by atoms with Crippen molar-refractivity contribution in [3.05, 3.63) is 0 Å². The summed E-state index contributed by atoms with van der Waals surface area (Å²) in [5.41, 5.74) is 0. The number of rotatable bonds is 7. The van der Waals surface area contributed by atoms with Crippen molar-refractivity contribution in [2.24, 2.45) is 5.92 Å². The van der Waals surface area contributed by atoms with Gasteiger partial charge in [-0.1, -0.05) is 13.8 Å². The van der Waals surface area contributed by atoms with Crippen LogP contribution in [-0.4, -0.2) is 57.9 Å². The molecule has 1 aliphatic heterocycles. The second-order valence-electron chi connectivity index (χ2n) is 5.26. The number of sulfonamides is 1. The zero-order valence-corrected chi connectivity index (χ0v) is 12.5. The molecule has 0 atom stereocenters. The molecule has 1 rings (SSSR count). The zero-order valence-electron chi connectivity index (χ0n) is 11.7. The van der Waals surface area contributed by atoms with Crippen LogP contribution >= 0.6 is 0 Å². The van der Waals surface area contributed by atoms with Crippen LogP contribution in [0, 0.1) is 5.92 Å². The smallest absolute Gasteiger partial charge is 0.215 e. The van der Waals surface area contributed by atoms with E-state index in [0.29, 0.717) is 25.0 Å². The Bertz CT molecular complexity index is 324. The lowest BCUT2D eigenvalue weighted by molar-refractivity contribution is 0.0620. The molecule has 0 amide bonds. The monoisotopic (exact) mass is 278 g/mol. The molecule has 5 nitrogen and oxygen atoms in total. The molecule has 0 saturated carbocycles. The first-order valence-corrected chi connectivity index (χ1v) is 8.28. The minimum Gasteiger partial charge on any atom is -0.381 e. The Balaban J connectivity index is 2.35. The molecule has 6 heteroatoms. The highest BCUT2D eigenvalue weighted by Crippen LogP contribution is 2.16. The lowest BCUT2D eigenvalue weighted by Crippen LogP contribution is -2.38. The number of nitrogens with one attached hydrogen (secondary N) is 1. The summed E-state index contributed by atoms with van der Waals surface area (Å²) in [6, 6.07) is 0.320. The van der Waals surface area contributed by atoms with Gasteiger partial charge in [-0.15, -0.1) is 0 Å². The van der Waals surface area contributed by atoms with Crippen LogP contribution in [0.25, 0.3) is 0 Å². The number of ether oxygens (including phenoxy) is 1. The molecule has 1 heterocycles. The maximum absolute atomic E-state index is 12.0. The van der Waals surface area contributed by atoms with E-state index in [9.17, 15) is 8.42 Å². The SMILES string of the molecule is CC(C)NCCS(=O)(=O)N(C)CC1CCOCC1. The maximum Gasteiger partial charge on any atom is 0.215 e. The fraction of sp³-hybridized carbons (Fsp3) is 1.00. The fourth-order valence-electron chi connectivity index (χ4n) is 2.04. The third-order valence-corrected chi connectivity index (χ3v) is 5.06. The molecule has 0 aromatic heterocycles. The number of nitrogens with zero attached hydrogens (tertiary/aromatic N) is 1. The van der Waals surface area contributed by atoms with Gasteiger partial charge in [-0.05, 0) is 18.8 Å². The van der Waals surface area contributed by atoms with Crippen molar-refractivity contribution in [2.45, 2.75) is 32.7 Å². The van der Waals surface area contributed by atoms with E-state index in [2.05, 4.69) is 5.32 Å². The van der Waals surface area contributed by atoms with Gasteiger partial charge in [0, 0.05) is 39.4 Å². The summed E-state index contributed by atoms with van der Waals surface area (Å²) in [5.74, 6) is 0.613. The summed E-state index contributed by atoms with van der Waals surface area (Å²) in [6.07, 6.45) is 1.92. The molecule has 1 saturated heterocycles. The van der Waals surface area contributed by atoms with Gasteiger partial charge >= 0.3 is 0 Å². The predicted octanol–water partition coefficient (Wildman–Crippen LogP) is 0.673. The van der Waals surface area contributed by atoms with E-state index in [1.165, 1.54) is 4.31 Å². The molecule has 1 N–H and O–H groups in total. The highest BCUT2D eigenvalue weighted by molar-refractivity contribution is 7.89. The zero-order chi connectivity index (χ0) is 13.6. The maximum atomic E-state index is 12.0. The molecule has 1 fully saturated rings. The molecular weight excluding hydrogens is 252 g/mol. The van der Waals surface area contributed by atoms with Crippen LogP contribution in [0.2, 0.25) is 0 Å². The molecule has 0 bridgehead atoms. The van der Waals surface area contributed by atoms with Crippen LogP contribution in [0.4, 0.5) is 0 Å². The standard InChI is InChI=1S/C12H26N2O3S/c1-11(2)13-6-9-18(15,16)14(3)10-12-4-7-17-8-5-12/h11-13H,4-10H2,1-3H3. The molecular formula is C12H26N2O3S. The van der Waals surface area contributed by atoms with Crippen molar-refractivity contribution in [3.8, 4) is 0 Å². The summed E-state index contributed by atoms with van der Waals surface area (Å²) >= 11 is 0. The molecule has 0 aliphatic carbocycles. The van der Waals surface area contributed by atoms with Gasteiger partial charge in [0.15, 0.2) is 0 Å². The quantitative estimate of drug-likeness (QED) is 0.744. The van der Waals surface area contributed by atoms with Crippen LogP contribution in [-0.2, 0) is 14.8 Å². The highest BCUT2D eigenvalue weighted by Gasteiger charge is 2.22. The average molecular weight is 278 g/mol. The van der Waals surface area contributed by atoms with Crippen LogP contribution < -0.4 is 5.32 Å². The Hall–Kier alpha value is -0.170. The van der Waals surface area contributed by atoms with Crippen molar-refractivity contribution in [3.63, 3.8) is 0 Å². The van der Waals surface area contributed by atoms with Gasteiger partial charge in [-0.3, -0.25) is 0 Å². The third-order valence-electron chi connectivity index (χ3n) is 3.24. The van der Waals surface area contributed by atoms with E-state index in [-0.39, 0.29) is 5.75 Å². The Morgan fingerprint density at radius 1 is 1.33 bits per heavy atom. The molecule has 0 unspecified atom stereocenters. The second kappa shape index (κ2) is 7.43. The summed E-state index contributed by atoms with van der Waals surface area (Å²) in [6.45, 7) is 6.67. The minimum atomic E-state index is -3.13. The van der Waals surface area contributed by atoms with Crippen molar-refractivity contribution >= 4 is 10.0 Å². The molecule has 18 heavy (non-hydrogen) atoms. The van der Waals surface area contributed by atoms with Crippen LogP contribution in [0.5, 0.6) is 0 Å². The summed E-state index contributed by atoms with van der Waals surface area (Å²) in [4.78, 5) is 0. The lowest BCUT2D eigenvalue weighted by atomic mass is 10.0. The van der Waals surface area contributed by atoms with E-state index in [0.717, 1.165) is 26.1 Å². The first-order chi connectivity index (χ1) is 8.42. The van der Waals surface area contributed by atoms with Gasteiger partial charge in [0.2, 0.25) is 10.0 Å². The van der Waals surface area contributed by atoms with Crippen molar-refractivity contribution in [2.75, 3.05) is 39.1 Å². The number of hydrogen-bond donors (Lipinski definition) is 1. The van der Waals surface area contributed by atoms with Gasteiger partial charge in [-0.25, -0.2) is 12.7 Å². The third kappa shape index (κ3) is 5.65. The van der Waals surface area contributed by atoms with Crippen LogP contribution in [0.3, 0.4) is 0 Å². The second-order valence-corrected chi connectivity index (χ2v) is 7.46. The summed E-state index contributed by atoms with van der Waals surface area (Å²) < 4.78 is 30.9. The van der Waals surface area contributed by atoms with Crippen molar-refractivity contribution in [1.82, 2.24) is 9.62 Å². The van der Waals surface area contributed by atoms with E-state index in [1.807, 2.05) is 13.8 Å². The molecule has 0 radical (unpaired) electrons. The topological polar surface area (TPSA) is 58.6 Å². The van der Waals surface area contributed by atoms with Gasteiger partial charge in [0.1, 0.15) is 0 Å². The Labute approximate surface area is 111 Å². The number of hydrogen-bond acceptors (Lipinski definition) is 4. The Morgan fingerprint density at radius 3 is 2.50 bits per heavy atom. The van der Waals surface area contributed by atoms with Crippen molar-refractivity contribution in [1.29, 1.82) is 0 Å². The summed E-state index contributed by atoms with van der Waals surface area (Å²) in [7, 11) is -1.44. The molecule has 0 aromatic carbocycles. The van der Waals surface area contributed by atoms with E-state index < -0.39 is 10.0 Å². The first-order valence-electron chi connectivity index (χ1n) is 6.67. The summed E-state index contributed by atoms with van der Waals surface area (Å²) in [5, 5.41) is 3.13. The molecule has 0 aromatic rings. The minimum absolute atomic E-state index is 0.172. The van der Waals surface area contributed by atoms with Gasteiger partial charge in [-0.2, -0.15) is 0 Å². The normalized spacial score (nSPS) is 18.7. The fourth-order valence-corrected chi connectivity index (χ4v) is 3.16. The predicted molar refractivity (Wildman–Crippen MR) is 73.1 cm³/mol. The van der Waals surface area contributed by atoms with Crippen LogP contribution in [0.15, 0.2) is 0 Å². The van der Waals surface area contributed by atoms with E-state index in [4.69, 9.17) is 4.74 Å². The van der Waals surface area contributed by atoms with Gasteiger partial charge in [0.05, 0.1) is 5.75 Å². The highest BCUT2D eigenvalue weighted by atomic mass is 32.2. The lowest BCUT2D eigenvalue weighted by Gasteiger charge is -2.26. The van der Waals surface area contributed by atoms with Crippen molar-refractivity contribution < 1.29 is 13.2 Å². The van der Waals surface area contributed by atoms with E-state index in [1.54, 1.807) is 7.05 Å². The van der Waals surface area contributed by atoms with Gasteiger partial charge in [0.25, 0.3) is 0 Å². The first kappa shape index (κ1) is 15.9. The Kier molecular flexibility index (Phi) is 6.55.